The number of rotatable bonds is 4. The normalized spacial score (nSPS) is 14.9. The van der Waals surface area contributed by atoms with Crippen LogP contribution in [0.4, 0.5) is 0 Å². The summed E-state index contributed by atoms with van der Waals surface area (Å²) in [4.78, 5) is 0.849. The fraction of sp³-hybridized carbons (Fsp3) is 0.667. The molecule has 0 aliphatic rings. The first kappa shape index (κ1) is 17.1. The molecule has 0 saturated carbocycles. The molecule has 0 aliphatic heterocycles. The highest BCUT2D eigenvalue weighted by molar-refractivity contribution is 9.11. The van der Waals surface area contributed by atoms with Gasteiger partial charge in [-0.1, -0.05) is 20.8 Å². The highest BCUT2D eigenvalue weighted by atomic mass is 79.9. The van der Waals surface area contributed by atoms with Crippen LogP contribution in [0.5, 0.6) is 0 Å². The number of thiophene rings is 1. The van der Waals surface area contributed by atoms with Crippen molar-refractivity contribution in [3.8, 4) is 0 Å². The molecule has 19 heavy (non-hydrogen) atoms. The van der Waals surface area contributed by atoms with Gasteiger partial charge in [0.1, 0.15) is 4.90 Å². The minimum absolute atomic E-state index is 0.137. The Morgan fingerprint density at radius 2 is 2.00 bits per heavy atom. The summed E-state index contributed by atoms with van der Waals surface area (Å²) in [6, 6.07) is 1.39. The van der Waals surface area contributed by atoms with Crippen LogP contribution >= 0.6 is 27.3 Å². The Hall–Kier alpha value is 0.0500. The average molecular weight is 370 g/mol. The molecule has 1 N–H and O–H groups in total. The molecule has 110 valence electrons. The third-order valence-electron chi connectivity index (χ3n) is 3.32. The molecule has 0 aromatic carbocycles. The summed E-state index contributed by atoms with van der Waals surface area (Å²) >= 11 is 4.50. The number of halogens is 1. The zero-order chi connectivity index (χ0) is 15.0. The van der Waals surface area contributed by atoms with Crippen LogP contribution in [-0.4, -0.2) is 30.9 Å². The standard InChI is InChI=1S/C12H20BrNO3S2/c1-8(12(2,3)4)14(5)19(16,17)10-6-9(7-15)18-11(10)13/h6,8,15H,7H2,1-5H3. The Morgan fingerprint density at radius 3 is 2.37 bits per heavy atom. The Kier molecular flexibility index (Phi) is 5.23. The van der Waals surface area contributed by atoms with Gasteiger partial charge in [0.05, 0.1) is 10.4 Å². The van der Waals surface area contributed by atoms with E-state index in [-0.39, 0.29) is 23.0 Å². The average Bonchev–Trinajstić information content (AvgIpc) is 2.68. The van der Waals surface area contributed by atoms with Crippen LogP contribution in [-0.2, 0) is 16.6 Å². The van der Waals surface area contributed by atoms with Crippen molar-refractivity contribution in [2.75, 3.05) is 7.05 Å². The molecule has 1 unspecified atom stereocenters. The second-order valence-electron chi connectivity index (χ2n) is 5.57. The summed E-state index contributed by atoms with van der Waals surface area (Å²) in [5, 5.41) is 9.10. The van der Waals surface area contributed by atoms with Gasteiger partial charge in [-0.05, 0) is 34.3 Å². The zero-order valence-electron chi connectivity index (χ0n) is 11.8. The quantitative estimate of drug-likeness (QED) is 0.886. The number of hydrogen-bond donors (Lipinski definition) is 1. The van der Waals surface area contributed by atoms with Gasteiger partial charge in [0, 0.05) is 18.0 Å². The van der Waals surface area contributed by atoms with Crippen LogP contribution in [0.2, 0.25) is 0 Å². The van der Waals surface area contributed by atoms with Gasteiger partial charge in [-0.3, -0.25) is 0 Å². The Balaban J connectivity index is 3.20. The van der Waals surface area contributed by atoms with Gasteiger partial charge in [-0.15, -0.1) is 11.3 Å². The molecular formula is C12H20BrNO3S2. The van der Waals surface area contributed by atoms with E-state index < -0.39 is 10.0 Å². The first-order valence-electron chi connectivity index (χ1n) is 5.89. The fourth-order valence-corrected chi connectivity index (χ4v) is 5.60. The van der Waals surface area contributed by atoms with E-state index in [1.165, 1.54) is 21.7 Å². The van der Waals surface area contributed by atoms with E-state index in [9.17, 15) is 8.42 Å². The van der Waals surface area contributed by atoms with Gasteiger partial charge in [-0.25, -0.2) is 8.42 Å². The zero-order valence-corrected chi connectivity index (χ0v) is 15.0. The van der Waals surface area contributed by atoms with Crippen LogP contribution in [0.15, 0.2) is 14.7 Å². The van der Waals surface area contributed by atoms with Crippen LogP contribution in [0, 0.1) is 5.41 Å². The maximum absolute atomic E-state index is 12.6. The third kappa shape index (κ3) is 3.58. The minimum atomic E-state index is -3.56. The van der Waals surface area contributed by atoms with Crippen LogP contribution in [0.1, 0.15) is 32.6 Å². The fourth-order valence-electron chi connectivity index (χ4n) is 1.56. The molecule has 0 amide bonds. The molecule has 0 saturated heterocycles. The van der Waals surface area contributed by atoms with Crippen molar-refractivity contribution in [2.45, 2.75) is 45.2 Å². The summed E-state index contributed by atoms with van der Waals surface area (Å²) < 4.78 is 27.1. The van der Waals surface area contributed by atoms with Crippen molar-refractivity contribution in [3.63, 3.8) is 0 Å². The van der Waals surface area contributed by atoms with Gasteiger partial charge in [0.2, 0.25) is 10.0 Å². The van der Waals surface area contributed by atoms with Gasteiger partial charge in [0.15, 0.2) is 0 Å². The smallest absolute Gasteiger partial charge is 0.245 e. The predicted molar refractivity (Wildman–Crippen MR) is 81.8 cm³/mol. The third-order valence-corrected chi connectivity index (χ3v) is 7.48. The lowest BCUT2D eigenvalue weighted by Gasteiger charge is -2.34. The van der Waals surface area contributed by atoms with E-state index in [2.05, 4.69) is 15.9 Å². The largest absolute Gasteiger partial charge is 0.391 e. The molecule has 1 aromatic rings. The summed E-state index contributed by atoms with van der Waals surface area (Å²) in [5.41, 5.74) is -0.149. The molecule has 1 atom stereocenters. The summed E-state index contributed by atoms with van der Waals surface area (Å²) in [6.45, 7) is 7.75. The minimum Gasteiger partial charge on any atom is -0.391 e. The monoisotopic (exact) mass is 369 g/mol. The number of sulfonamides is 1. The van der Waals surface area contributed by atoms with E-state index in [1.54, 1.807) is 7.05 Å². The van der Waals surface area contributed by atoms with Crippen molar-refractivity contribution in [3.05, 3.63) is 14.7 Å². The van der Waals surface area contributed by atoms with Gasteiger partial charge < -0.3 is 5.11 Å². The Bertz CT molecular complexity index is 546. The summed E-state index contributed by atoms with van der Waals surface area (Å²) in [5.74, 6) is 0. The lowest BCUT2D eigenvalue weighted by atomic mass is 9.88. The maximum atomic E-state index is 12.6. The summed E-state index contributed by atoms with van der Waals surface area (Å²) in [6.07, 6.45) is 0. The molecule has 4 nitrogen and oxygen atoms in total. The van der Waals surface area contributed by atoms with Crippen molar-refractivity contribution in [1.82, 2.24) is 4.31 Å². The van der Waals surface area contributed by atoms with Crippen LogP contribution < -0.4 is 0 Å². The first-order chi connectivity index (χ1) is 8.51. The van der Waals surface area contributed by atoms with Crippen molar-refractivity contribution in [2.24, 2.45) is 5.41 Å². The molecule has 0 aliphatic carbocycles. The molecule has 0 radical (unpaired) electrons. The number of hydrogen-bond acceptors (Lipinski definition) is 4. The molecule has 1 heterocycles. The topological polar surface area (TPSA) is 57.6 Å². The number of nitrogens with zero attached hydrogens (tertiary/aromatic N) is 1. The van der Waals surface area contributed by atoms with E-state index in [0.29, 0.717) is 8.66 Å². The number of aliphatic hydroxyl groups is 1. The van der Waals surface area contributed by atoms with Crippen molar-refractivity contribution in [1.29, 1.82) is 0 Å². The van der Waals surface area contributed by atoms with Gasteiger partial charge in [0.25, 0.3) is 0 Å². The van der Waals surface area contributed by atoms with Gasteiger partial charge >= 0.3 is 0 Å². The molecule has 0 fully saturated rings. The Labute approximate surface area is 127 Å². The van der Waals surface area contributed by atoms with Crippen LogP contribution in [0.3, 0.4) is 0 Å². The first-order valence-corrected chi connectivity index (χ1v) is 8.94. The van der Waals surface area contributed by atoms with E-state index >= 15 is 0 Å². The molecule has 0 spiro atoms. The molecular weight excluding hydrogens is 350 g/mol. The SMILES string of the molecule is CC(N(C)S(=O)(=O)c1cc(CO)sc1Br)C(C)(C)C. The second-order valence-corrected chi connectivity index (χ2v) is 9.99. The highest BCUT2D eigenvalue weighted by Crippen LogP contribution is 2.35. The lowest BCUT2D eigenvalue weighted by Crippen LogP contribution is -2.42. The molecule has 1 rings (SSSR count). The van der Waals surface area contributed by atoms with E-state index in [0.717, 1.165) is 0 Å². The number of aliphatic hydroxyl groups excluding tert-OH is 1. The molecule has 7 heteroatoms. The highest BCUT2D eigenvalue weighted by Gasteiger charge is 2.34. The molecule has 1 aromatic heterocycles. The van der Waals surface area contributed by atoms with E-state index in [1.807, 2.05) is 27.7 Å². The van der Waals surface area contributed by atoms with Crippen molar-refractivity contribution < 1.29 is 13.5 Å². The second kappa shape index (κ2) is 5.81. The maximum Gasteiger partial charge on any atom is 0.245 e. The van der Waals surface area contributed by atoms with Crippen LogP contribution in [0.25, 0.3) is 0 Å². The summed E-state index contributed by atoms with van der Waals surface area (Å²) in [7, 11) is -1.96. The molecule has 0 bridgehead atoms. The van der Waals surface area contributed by atoms with Crippen molar-refractivity contribution >= 4 is 37.3 Å². The Morgan fingerprint density at radius 1 is 1.47 bits per heavy atom. The lowest BCUT2D eigenvalue weighted by molar-refractivity contribution is 0.216. The van der Waals surface area contributed by atoms with E-state index in [4.69, 9.17) is 5.11 Å². The predicted octanol–water partition coefficient (Wildman–Crippen LogP) is 3.06. The van der Waals surface area contributed by atoms with Gasteiger partial charge in [-0.2, -0.15) is 4.31 Å².